The third-order valence-electron chi connectivity index (χ3n) is 2.57. The Hall–Kier alpha value is -0.540. The first-order valence-corrected chi connectivity index (χ1v) is 7.62. The van der Waals surface area contributed by atoms with E-state index in [2.05, 4.69) is 18.2 Å². The summed E-state index contributed by atoms with van der Waals surface area (Å²) >= 11 is 15.9. The summed E-state index contributed by atoms with van der Waals surface area (Å²) < 4.78 is 1.26. The number of hydrogen-bond acceptors (Lipinski definition) is 2. The van der Waals surface area contributed by atoms with Gasteiger partial charge in [-0.3, -0.25) is 0 Å². The molecule has 0 saturated heterocycles. The van der Waals surface area contributed by atoms with Crippen LogP contribution in [0.1, 0.15) is 15.1 Å². The molecule has 2 aromatic heterocycles. The summed E-state index contributed by atoms with van der Waals surface area (Å²) in [6.45, 7) is 0. The van der Waals surface area contributed by atoms with E-state index in [4.69, 9.17) is 23.2 Å². The largest absolute Gasteiger partial charge is 0.145 e. The van der Waals surface area contributed by atoms with Crippen LogP contribution in [0, 0.1) is 0 Å². The summed E-state index contributed by atoms with van der Waals surface area (Å²) in [4.78, 5) is 2.18. The third-order valence-corrected chi connectivity index (χ3v) is 5.89. The molecule has 0 N–H and O–H groups in total. The Morgan fingerprint density at radius 3 is 2.65 bits per heavy atom. The maximum atomic E-state index is 6.49. The summed E-state index contributed by atoms with van der Waals surface area (Å²) in [7, 11) is 0. The van der Waals surface area contributed by atoms with Gasteiger partial charge in [-0.2, -0.15) is 0 Å². The molecule has 17 heavy (non-hydrogen) atoms. The van der Waals surface area contributed by atoms with Gasteiger partial charge in [0.1, 0.15) is 5.38 Å². The first-order chi connectivity index (χ1) is 8.25. The van der Waals surface area contributed by atoms with E-state index in [-0.39, 0.29) is 5.38 Å². The molecule has 86 valence electrons. The zero-order valence-corrected chi connectivity index (χ0v) is 11.8. The Kier molecular flexibility index (Phi) is 3.14. The van der Waals surface area contributed by atoms with Crippen LogP contribution in [-0.4, -0.2) is 0 Å². The Labute approximate surface area is 117 Å². The SMILES string of the molecule is Clc1ccsc1C(Cl)c1cc2ccccc2s1. The lowest BCUT2D eigenvalue weighted by atomic mass is 10.2. The number of rotatable bonds is 2. The van der Waals surface area contributed by atoms with E-state index >= 15 is 0 Å². The molecule has 1 unspecified atom stereocenters. The quantitative estimate of drug-likeness (QED) is 0.513. The molecule has 4 heteroatoms. The molecule has 0 aliphatic heterocycles. The zero-order valence-electron chi connectivity index (χ0n) is 8.69. The van der Waals surface area contributed by atoms with E-state index in [1.807, 2.05) is 23.6 Å². The molecule has 0 aliphatic rings. The first kappa shape index (κ1) is 11.5. The molecule has 0 nitrogen and oxygen atoms in total. The van der Waals surface area contributed by atoms with Gasteiger partial charge in [0.25, 0.3) is 0 Å². The Morgan fingerprint density at radius 1 is 1.12 bits per heavy atom. The third kappa shape index (κ3) is 2.11. The van der Waals surface area contributed by atoms with Gasteiger partial charge in [0.05, 0.1) is 5.02 Å². The molecule has 2 heterocycles. The maximum Gasteiger partial charge on any atom is 0.103 e. The minimum atomic E-state index is -0.139. The number of fused-ring (bicyclic) bond motifs is 1. The van der Waals surface area contributed by atoms with Crippen molar-refractivity contribution >= 4 is 56.0 Å². The number of benzene rings is 1. The van der Waals surface area contributed by atoms with E-state index in [0.29, 0.717) is 0 Å². The van der Waals surface area contributed by atoms with Crippen LogP contribution >= 0.6 is 45.9 Å². The van der Waals surface area contributed by atoms with Gasteiger partial charge in [0.15, 0.2) is 0 Å². The van der Waals surface area contributed by atoms with E-state index in [9.17, 15) is 0 Å². The van der Waals surface area contributed by atoms with Crippen LogP contribution in [0.25, 0.3) is 10.1 Å². The predicted octanol–water partition coefficient (Wildman–Crippen LogP) is 5.94. The summed E-state index contributed by atoms with van der Waals surface area (Å²) in [5.74, 6) is 0. The van der Waals surface area contributed by atoms with Crippen LogP contribution in [0.5, 0.6) is 0 Å². The molecular formula is C13H8Cl2S2. The van der Waals surface area contributed by atoms with Crippen molar-refractivity contribution in [3.63, 3.8) is 0 Å². The van der Waals surface area contributed by atoms with Gasteiger partial charge in [-0.15, -0.1) is 34.3 Å². The van der Waals surface area contributed by atoms with E-state index in [1.165, 1.54) is 10.1 Å². The lowest BCUT2D eigenvalue weighted by Gasteiger charge is -2.04. The molecule has 0 spiro atoms. The van der Waals surface area contributed by atoms with Crippen LogP contribution in [0.15, 0.2) is 41.8 Å². The molecule has 0 bridgehead atoms. The van der Waals surface area contributed by atoms with Crippen molar-refractivity contribution in [2.45, 2.75) is 5.38 Å². The number of thiophene rings is 2. The normalized spacial score (nSPS) is 13.1. The van der Waals surface area contributed by atoms with Gasteiger partial charge in [-0.1, -0.05) is 29.8 Å². The highest BCUT2D eigenvalue weighted by molar-refractivity contribution is 7.19. The van der Waals surface area contributed by atoms with Crippen LogP contribution in [-0.2, 0) is 0 Å². The van der Waals surface area contributed by atoms with Crippen molar-refractivity contribution in [3.05, 3.63) is 56.6 Å². The summed E-state index contributed by atoms with van der Waals surface area (Å²) in [6.07, 6.45) is 0. The lowest BCUT2D eigenvalue weighted by Crippen LogP contribution is -1.85. The Morgan fingerprint density at radius 2 is 1.94 bits per heavy atom. The van der Waals surface area contributed by atoms with Crippen molar-refractivity contribution < 1.29 is 0 Å². The van der Waals surface area contributed by atoms with Crippen molar-refractivity contribution in [2.75, 3.05) is 0 Å². The predicted molar refractivity (Wildman–Crippen MR) is 78.9 cm³/mol. The smallest absolute Gasteiger partial charge is 0.103 e. The second kappa shape index (κ2) is 4.62. The molecule has 0 fully saturated rings. The van der Waals surface area contributed by atoms with Gasteiger partial charge in [-0.05, 0) is 29.0 Å². The fraction of sp³-hybridized carbons (Fsp3) is 0.0769. The molecular weight excluding hydrogens is 291 g/mol. The second-order valence-electron chi connectivity index (χ2n) is 3.68. The van der Waals surface area contributed by atoms with Gasteiger partial charge in [0.2, 0.25) is 0 Å². The van der Waals surface area contributed by atoms with Crippen molar-refractivity contribution in [1.29, 1.82) is 0 Å². The molecule has 1 atom stereocenters. The zero-order chi connectivity index (χ0) is 11.8. The minimum absolute atomic E-state index is 0.139. The summed E-state index contributed by atoms with van der Waals surface area (Å²) in [5, 5.41) is 3.83. The second-order valence-corrected chi connectivity index (χ2v) is 6.59. The van der Waals surface area contributed by atoms with Gasteiger partial charge in [-0.25, -0.2) is 0 Å². The van der Waals surface area contributed by atoms with Gasteiger partial charge >= 0.3 is 0 Å². The molecule has 1 aromatic carbocycles. The molecule has 0 amide bonds. The van der Waals surface area contributed by atoms with Gasteiger partial charge in [0, 0.05) is 14.5 Å². The summed E-state index contributed by atoms with van der Waals surface area (Å²) in [5.41, 5.74) is 0. The standard InChI is InChI=1S/C13H8Cl2S2/c14-9-5-6-16-13(9)12(15)11-7-8-3-1-2-4-10(8)17-11/h1-7,12H. The number of halogens is 2. The molecule has 0 aliphatic carbocycles. The maximum absolute atomic E-state index is 6.49. The Balaban J connectivity index is 2.07. The van der Waals surface area contributed by atoms with Crippen LogP contribution in [0.4, 0.5) is 0 Å². The number of alkyl halides is 1. The molecule has 0 radical (unpaired) electrons. The van der Waals surface area contributed by atoms with Crippen molar-refractivity contribution in [3.8, 4) is 0 Å². The Bertz CT molecular complexity index is 621. The average molecular weight is 299 g/mol. The fourth-order valence-corrected chi connectivity index (χ4v) is 4.55. The van der Waals surface area contributed by atoms with Crippen molar-refractivity contribution in [1.82, 2.24) is 0 Å². The fourth-order valence-electron chi connectivity index (χ4n) is 1.74. The minimum Gasteiger partial charge on any atom is -0.145 e. The van der Waals surface area contributed by atoms with E-state index < -0.39 is 0 Å². The lowest BCUT2D eigenvalue weighted by molar-refractivity contribution is 1.24. The highest BCUT2D eigenvalue weighted by atomic mass is 35.5. The first-order valence-electron chi connectivity index (χ1n) is 5.11. The number of hydrogen-bond donors (Lipinski definition) is 0. The highest BCUT2D eigenvalue weighted by Crippen LogP contribution is 2.41. The monoisotopic (exact) mass is 298 g/mol. The summed E-state index contributed by atoms with van der Waals surface area (Å²) in [6, 6.07) is 12.3. The average Bonchev–Trinajstić information content (AvgIpc) is 2.93. The molecule has 3 rings (SSSR count). The molecule has 0 saturated carbocycles. The van der Waals surface area contributed by atoms with Crippen LogP contribution in [0.3, 0.4) is 0 Å². The van der Waals surface area contributed by atoms with E-state index in [0.717, 1.165) is 14.8 Å². The highest BCUT2D eigenvalue weighted by Gasteiger charge is 2.17. The van der Waals surface area contributed by atoms with Crippen LogP contribution in [0.2, 0.25) is 5.02 Å². The molecule has 3 aromatic rings. The van der Waals surface area contributed by atoms with Gasteiger partial charge < -0.3 is 0 Å². The topological polar surface area (TPSA) is 0 Å². The van der Waals surface area contributed by atoms with Crippen LogP contribution < -0.4 is 0 Å². The van der Waals surface area contributed by atoms with E-state index in [1.54, 1.807) is 22.7 Å². The van der Waals surface area contributed by atoms with Crippen molar-refractivity contribution in [2.24, 2.45) is 0 Å².